The fourth-order valence-electron chi connectivity index (χ4n) is 12.3. The number of nitrogens with zero attached hydrogens (tertiary/aromatic N) is 3. The molecule has 0 saturated carbocycles. The Morgan fingerprint density at radius 2 is 0.598 bits per heavy atom. The number of benzene rings is 6. The highest BCUT2D eigenvalue weighted by atomic mass is 16.9. The van der Waals surface area contributed by atoms with Gasteiger partial charge in [0.15, 0.2) is 0 Å². The van der Waals surface area contributed by atoms with Crippen LogP contribution >= 0.6 is 0 Å². The van der Waals surface area contributed by atoms with Crippen molar-refractivity contribution in [3.05, 3.63) is 124 Å². The molecule has 0 aliphatic carbocycles. The smallest absolute Gasteiger partial charge is 0.282 e. The van der Waals surface area contributed by atoms with Gasteiger partial charge in [-0.15, -0.1) is 0 Å². The van der Waals surface area contributed by atoms with Crippen molar-refractivity contribution >= 4 is 84.8 Å². The monoisotopic (exact) mass is 1420 g/mol. The number of anilines is 3. The lowest BCUT2D eigenvalue weighted by atomic mass is 9.93. The third-order valence-electron chi connectivity index (χ3n) is 17.4. The van der Waals surface area contributed by atoms with Crippen LogP contribution in [0.3, 0.4) is 0 Å². The standard InChI is InChI=1S/C75H101N9O18/c1-8-75(100-45-51(5)97-42-48(2)79-63-21-18-60-66-54(63)12-9-15-57(66)69(85)82(72(60)88)27-33-94-39-36-91-30-24-76,101-46-52(6)98-43-49(3)80-64-22-19-61-67-55(64)13-10-16-58(67)70(86)83(73(61)89)28-34-95-40-37-92-31-25-77)102-47-53(7)99-44-50(4)81-65-23-20-62-68-56(65)14-11-17-59(68)71(87)84(74(62)90)29-35-96-41-38-93-32-26-78/h9-23,48-53,79-81H,8,24-47,76-78H2,1-7H3. The van der Waals surface area contributed by atoms with E-state index in [0.29, 0.717) is 129 Å². The van der Waals surface area contributed by atoms with Crippen molar-refractivity contribution in [3.63, 3.8) is 0 Å². The summed E-state index contributed by atoms with van der Waals surface area (Å²) in [6.45, 7) is 19.7. The Hall–Kier alpha value is -7.68. The molecule has 6 aromatic carbocycles. The number of imide groups is 3. The van der Waals surface area contributed by atoms with Crippen molar-refractivity contribution in [2.45, 2.75) is 97.3 Å². The van der Waals surface area contributed by atoms with Gasteiger partial charge >= 0.3 is 0 Å². The molecule has 0 fully saturated rings. The number of hydrogen-bond acceptors (Lipinski definition) is 24. The maximum Gasteiger partial charge on any atom is 0.282 e. The Morgan fingerprint density at radius 1 is 0.343 bits per heavy atom. The zero-order chi connectivity index (χ0) is 72.7. The summed E-state index contributed by atoms with van der Waals surface area (Å²) in [6, 6.07) is 26.3. The molecule has 9 rings (SSSR count). The maximum atomic E-state index is 13.8. The molecule has 6 unspecified atom stereocenters. The summed E-state index contributed by atoms with van der Waals surface area (Å²) >= 11 is 0. The Kier molecular flexibility index (Phi) is 29.8. The molecular formula is C75H101N9O18. The van der Waals surface area contributed by atoms with E-state index in [4.69, 9.17) is 74.0 Å². The van der Waals surface area contributed by atoms with Crippen molar-refractivity contribution in [2.24, 2.45) is 17.2 Å². The summed E-state index contributed by atoms with van der Waals surface area (Å²) in [5.41, 5.74) is 21.2. The Morgan fingerprint density at radius 3 is 0.853 bits per heavy atom. The molecule has 6 aromatic rings. The van der Waals surface area contributed by atoms with E-state index in [-0.39, 0.29) is 139 Å². The highest BCUT2D eigenvalue weighted by molar-refractivity contribution is 6.29. The molecule has 554 valence electrons. The van der Waals surface area contributed by atoms with Crippen LogP contribution in [0.15, 0.2) is 91.0 Å². The quantitative estimate of drug-likeness (QED) is 0.0127. The van der Waals surface area contributed by atoms with E-state index in [1.165, 1.54) is 14.7 Å². The molecule has 6 atom stereocenters. The van der Waals surface area contributed by atoms with Crippen molar-refractivity contribution in [1.82, 2.24) is 14.7 Å². The molecule has 102 heavy (non-hydrogen) atoms. The Bertz CT molecular complexity index is 3380. The number of nitrogens with one attached hydrogen (secondary N) is 3. The predicted molar refractivity (Wildman–Crippen MR) is 386 cm³/mol. The first-order valence-electron chi connectivity index (χ1n) is 35.3. The zero-order valence-electron chi connectivity index (χ0n) is 59.7. The molecule has 0 radical (unpaired) electrons. The second-order valence-corrected chi connectivity index (χ2v) is 25.5. The van der Waals surface area contributed by atoms with Gasteiger partial charge in [-0.2, -0.15) is 0 Å². The highest BCUT2D eigenvalue weighted by Crippen LogP contribution is 2.38. The maximum absolute atomic E-state index is 13.8. The average Bonchev–Trinajstić information content (AvgIpc) is 0.757. The van der Waals surface area contributed by atoms with E-state index in [9.17, 15) is 28.8 Å². The van der Waals surface area contributed by atoms with Crippen LogP contribution < -0.4 is 33.2 Å². The molecule has 27 heteroatoms. The third-order valence-corrected chi connectivity index (χ3v) is 17.4. The highest BCUT2D eigenvalue weighted by Gasteiger charge is 2.38. The molecule has 3 heterocycles. The number of hydrogen-bond donors (Lipinski definition) is 6. The van der Waals surface area contributed by atoms with Crippen LogP contribution in [0.5, 0.6) is 0 Å². The first kappa shape index (κ1) is 78.5. The normalized spacial score (nSPS) is 16.1. The molecule has 0 aromatic heterocycles. The minimum absolute atomic E-state index is 0.0650. The fourth-order valence-corrected chi connectivity index (χ4v) is 12.3. The van der Waals surface area contributed by atoms with Gasteiger partial charge in [0.2, 0.25) is 0 Å². The van der Waals surface area contributed by atoms with E-state index in [0.717, 1.165) is 33.2 Å². The molecule has 27 nitrogen and oxygen atoms in total. The lowest BCUT2D eigenvalue weighted by molar-refractivity contribution is -0.393. The first-order valence-corrected chi connectivity index (χ1v) is 35.3. The van der Waals surface area contributed by atoms with Crippen molar-refractivity contribution in [3.8, 4) is 0 Å². The number of amides is 6. The number of ether oxygens (including phenoxy) is 12. The van der Waals surface area contributed by atoms with Gasteiger partial charge in [-0.3, -0.25) is 43.5 Å². The minimum Gasteiger partial charge on any atom is -0.380 e. The fraction of sp³-hybridized carbons (Fsp3) is 0.520. The van der Waals surface area contributed by atoms with Crippen LogP contribution in [0.1, 0.15) is 117 Å². The molecule has 9 N–H and O–H groups in total. The second-order valence-electron chi connectivity index (χ2n) is 25.5. The summed E-state index contributed by atoms with van der Waals surface area (Å²) in [5.74, 6) is -3.91. The van der Waals surface area contributed by atoms with E-state index in [1.54, 1.807) is 36.4 Å². The third kappa shape index (κ3) is 20.0. The summed E-state index contributed by atoms with van der Waals surface area (Å²) in [6.07, 6.45) is -1.12. The van der Waals surface area contributed by atoms with E-state index >= 15 is 0 Å². The van der Waals surface area contributed by atoms with Crippen LogP contribution in [0, 0.1) is 0 Å². The van der Waals surface area contributed by atoms with Crippen molar-refractivity contribution < 1.29 is 85.6 Å². The lowest BCUT2D eigenvalue weighted by Crippen LogP contribution is -2.44. The zero-order valence-corrected chi connectivity index (χ0v) is 59.7. The Balaban J connectivity index is 0.808. The van der Waals surface area contributed by atoms with Crippen molar-refractivity contribution in [2.75, 3.05) is 174 Å². The van der Waals surface area contributed by atoms with Gasteiger partial charge in [0.1, 0.15) is 0 Å². The van der Waals surface area contributed by atoms with Crippen LogP contribution in [-0.2, 0) is 56.8 Å². The minimum atomic E-state index is -1.58. The van der Waals surface area contributed by atoms with E-state index in [1.807, 2.05) is 103 Å². The van der Waals surface area contributed by atoms with Gasteiger partial charge in [-0.05, 0) is 96.1 Å². The number of carbonyl (C=O) groups excluding carboxylic acids is 6. The van der Waals surface area contributed by atoms with Gasteiger partial charge in [-0.25, -0.2) is 0 Å². The number of carbonyl (C=O) groups is 6. The van der Waals surface area contributed by atoms with Crippen LogP contribution in [0.4, 0.5) is 17.1 Å². The van der Waals surface area contributed by atoms with Crippen LogP contribution in [0.25, 0.3) is 32.3 Å². The molecule has 3 aliphatic heterocycles. The van der Waals surface area contributed by atoms with Gasteiger partial charge in [0.25, 0.3) is 41.4 Å². The van der Waals surface area contributed by atoms with Gasteiger partial charge in [0, 0.05) is 127 Å². The molecule has 6 amide bonds. The summed E-state index contributed by atoms with van der Waals surface area (Å²) in [7, 11) is 0. The first-order chi connectivity index (χ1) is 49.4. The van der Waals surface area contributed by atoms with Crippen LogP contribution in [0.2, 0.25) is 0 Å². The molecule has 0 saturated heterocycles. The summed E-state index contributed by atoms with van der Waals surface area (Å²) in [5, 5.41) is 14.5. The number of nitrogens with two attached hydrogens (primary N) is 3. The molecule has 0 bridgehead atoms. The lowest BCUT2D eigenvalue weighted by Gasteiger charge is -2.35. The average molecular weight is 1420 g/mol. The van der Waals surface area contributed by atoms with Crippen molar-refractivity contribution in [1.29, 1.82) is 0 Å². The largest absolute Gasteiger partial charge is 0.380 e. The van der Waals surface area contributed by atoms with Gasteiger partial charge in [-0.1, -0.05) is 43.3 Å². The van der Waals surface area contributed by atoms with Crippen LogP contribution in [-0.4, -0.2) is 251 Å². The Labute approximate surface area is 595 Å². The summed E-state index contributed by atoms with van der Waals surface area (Å²) < 4.78 is 72.1. The predicted octanol–water partition coefficient (Wildman–Crippen LogP) is 7.04. The summed E-state index contributed by atoms with van der Waals surface area (Å²) in [4.78, 5) is 86.3. The topological polar surface area (TPSA) is 337 Å². The van der Waals surface area contributed by atoms with Gasteiger partial charge in [0.05, 0.1) is 157 Å². The van der Waals surface area contributed by atoms with E-state index in [2.05, 4.69) is 16.0 Å². The second kappa shape index (κ2) is 38.7. The molecule has 3 aliphatic rings. The number of rotatable bonds is 49. The molecule has 0 spiro atoms. The van der Waals surface area contributed by atoms with E-state index < -0.39 is 24.3 Å². The molecular weight excluding hydrogens is 1310 g/mol. The SMILES string of the molecule is CCC(OCC(C)OCC(C)Nc1ccc2c3c(cccc13)C(=O)N(CCOCCOCCN)C2=O)(OCC(C)OCC(C)Nc1ccc2c3c(cccc13)C(=O)N(CCOCCOCCN)C2=O)OCC(C)OCC(C)Nc1ccc2c3c(cccc13)C(=O)N(CCOCCOCCN)C2=O. The van der Waals surface area contributed by atoms with Gasteiger partial charge < -0.3 is 90.0 Å².